The first kappa shape index (κ1) is 13.8. The summed E-state index contributed by atoms with van der Waals surface area (Å²) in [5.74, 6) is -0.472. The van der Waals surface area contributed by atoms with Crippen LogP contribution in [0.15, 0.2) is 6.07 Å². The van der Waals surface area contributed by atoms with Crippen LogP contribution in [0.25, 0.3) is 0 Å². The number of rotatable bonds is 4. The molecule has 0 spiro atoms. The highest BCUT2D eigenvalue weighted by atomic mass is 35.5. The van der Waals surface area contributed by atoms with E-state index in [0.29, 0.717) is 5.56 Å². The fourth-order valence-electron chi connectivity index (χ4n) is 1.70. The molecule has 0 N–H and O–H groups in total. The summed E-state index contributed by atoms with van der Waals surface area (Å²) in [6, 6.07) is 1.75. The molecule has 0 amide bonds. The van der Waals surface area contributed by atoms with Gasteiger partial charge in [-0.15, -0.1) is 11.6 Å². The lowest BCUT2D eigenvalue weighted by Gasteiger charge is -2.08. The third kappa shape index (κ3) is 2.88. The van der Waals surface area contributed by atoms with E-state index in [1.807, 2.05) is 6.92 Å². The van der Waals surface area contributed by atoms with E-state index in [2.05, 4.69) is 4.74 Å². The predicted octanol–water partition coefficient (Wildman–Crippen LogP) is 2.09. The molecule has 0 saturated heterocycles. The van der Waals surface area contributed by atoms with Crippen molar-refractivity contribution in [1.82, 2.24) is 4.57 Å². The number of aryl methyl sites for hydroxylation is 1. The molecule has 5 heteroatoms. The molecule has 0 aliphatic heterocycles. The molecule has 1 rings (SSSR count). The van der Waals surface area contributed by atoms with E-state index in [9.17, 15) is 9.59 Å². The van der Waals surface area contributed by atoms with Crippen molar-refractivity contribution >= 4 is 23.4 Å². The first-order chi connectivity index (χ1) is 7.88. The minimum absolute atomic E-state index is 0.109. The maximum absolute atomic E-state index is 11.8. The number of alkyl halides is 1. The summed E-state index contributed by atoms with van der Waals surface area (Å²) < 4.78 is 6.36. The van der Waals surface area contributed by atoms with Crippen molar-refractivity contribution in [3.05, 3.63) is 23.0 Å². The third-order valence-corrected chi connectivity index (χ3v) is 2.91. The Labute approximate surface area is 106 Å². The summed E-state index contributed by atoms with van der Waals surface area (Å²) in [6.07, 6.45) is 0. The van der Waals surface area contributed by atoms with Crippen molar-refractivity contribution in [3.63, 3.8) is 0 Å². The maximum atomic E-state index is 11.8. The van der Waals surface area contributed by atoms with Gasteiger partial charge < -0.3 is 9.30 Å². The Morgan fingerprint density at radius 1 is 1.47 bits per heavy atom. The molecular formula is C12H16ClNO3. The van der Waals surface area contributed by atoms with Crippen LogP contribution in [0, 0.1) is 13.8 Å². The number of ether oxygens (including phenoxy) is 1. The third-order valence-electron chi connectivity index (χ3n) is 2.72. The Kier molecular flexibility index (Phi) is 4.34. The van der Waals surface area contributed by atoms with Crippen LogP contribution in [0.5, 0.6) is 0 Å². The first-order valence-electron chi connectivity index (χ1n) is 5.30. The molecule has 0 fully saturated rings. The summed E-state index contributed by atoms with van der Waals surface area (Å²) in [7, 11) is 1.34. The fraction of sp³-hybridized carbons (Fsp3) is 0.500. The van der Waals surface area contributed by atoms with Crippen LogP contribution < -0.4 is 0 Å². The zero-order valence-corrected chi connectivity index (χ0v) is 11.2. The number of hydrogen-bond acceptors (Lipinski definition) is 3. The molecule has 0 radical (unpaired) electrons. The number of methoxy groups -OCH3 is 1. The lowest BCUT2D eigenvalue weighted by atomic mass is 10.1. The summed E-state index contributed by atoms with van der Waals surface area (Å²) in [5, 5.41) is -0.568. The van der Waals surface area contributed by atoms with Crippen molar-refractivity contribution in [2.24, 2.45) is 0 Å². The highest BCUT2D eigenvalue weighted by Crippen LogP contribution is 2.18. The minimum Gasteiger partial charge on any atom is -0.468 e. The van der Waals surface area contributed by atoms with Crippen LogP contribution in [0.4, 0.5) is 0 Å². The zero-order valence-electron chi connectivity index (χ0n) is 10.4. The molecule has 1 aromatic heterocycles. The van der Waals surface area contributed by atoms with Crippen molar-refractivity contribution < 1.29 is 14.3 Å². The number of nitrogens with zero attached hydrogens (tertiary/aromatic N) is 1. The number of esters is 1. The topological polar surface area (TPSA) is 48.3 Å². The minimum atomic E-state index is -0.568. The second-order valence-electron chi connectivity index (χ2n) is 3.93. The second-order valence-corrected chi connectivity index (χ2v) is 4.58. The number of aromatic nitrogens is 1. The Bertz CT molecular complexity index is 449. The molecule has 17 heavy (non-hydrogen) atoms. The van der Waals surface area contributed by atoms with Gasteiger partial charge in [0, 0.05) is 17.0 Å². The van der Waals surface area contributed by atoms with E-state index in [-0.39, 0.29) is 18.3 Å². The SMILES string of the molecule is COC(=O)Cn1c(C)cc(C(=O)C(C)Cl)c1C. The Balaban J connectivity index is 3.10. The Morgan fingerprint density at radius 2 is 2.06 bits per heavy atom. The van der Waals surface area contributed by atoms with E-state index in [4.69, 9.17) is 11.6 Å². The van der Waals surface area contributed by atoms with Gasteiger partial charge in [0.15, 0.2) is 5.78 Å². The van der Waals surface area contributed by atoms with Gasteiger partial charge in [-0.05, 0) is 26.8 Å². The predicted molar refractivity (Wildman–Crippen MR) is 65.6 cm³/mol. The van der Waals surface area contributed by atoms with Crippen LogP contribution in [0.1, 0.15) is 28.7 Å². The summed E-state index contributed by atoms with van der Waals surface area (Å²) in [6.45, 7) is 5.38. The van der Waals surface area contributed by atoms with Gasteiger partial charge in [-0.1, -0.05) is 0 Å². The van der Waals surface area contributed by atoms with Crippen LogP contribution >= 0.6 is 11.6 Å². The normalized spacial score (nSPS) is 12.3. The van der Waals surface area contributed by atoms with Gasteiger partial charge >= 0.3 is 5.97 Å². The summed E-state index contributed by atoms with van der Waals surface area (Å²) in [4.78, 5) is 23.1. The van der Waals surface area contributed by atoms with Crippen molar-refractivity contribution in [2.75, 3.05) is 7.11 Å². The molecule has 94 valence electrons. The van der Waals surface area contributed by atoms with E-state index in [1.54, 1.807) is 24.5 Å². The van der Waals surface area contributed by atoms with Gasteiger partial charge in [0.25, 0.3) is 0 Å². The van der Waals surface area contributed by atoms with E-state index in [1.165, 1.54) is 7.11 Å². The van der Waals surface area contributed by atoms with Crippen LogP contribution in [0.2, 0.25) is 0 Å². The number of carbonyl (C=O) groups excluding carboxylic acids is 2. The molecule has 0 bridgehead atoms. The molecule has 1 atom stereocenters. The summed E-state index contributed by atoms with van der Waals surface area (Å²) in [5.41, 5.74) is 2.15. The fourth-order valence-corrected chi connectivity index (χ4v) is 1.82. The van der Waals surface area contributed by atoms with Gasteiger partial charge in [0.2, 0.25) is 0 Å². The molecule has 4 nitrogen and oxygen atoms in total. The largest absolute Gasteiger partial charge is 0.468 e. The standard InChI is InChI=1S/C12H16ClNO3/c1-7-5-10(12(16)8(2)13)9(3)14(7)6-11(15)17-4/h5,8H,6H2,1-4H3. The molecule has 1 aromatic rings. The highest BCUT2D eigenvalue weighted by molar-refractivity contribution is 6.33. The molecule has 0 saturated carbocycles. The smallest absolute Gasteiger partial charge is 0.325 e. The molecule has 0 aromatic carbocycles. The molecular weight excluding hydrogens is 242 g/mol. The Morgan fingerprint density at radius 3 is 2.53 bits per heavy atom. The molecule has 0 aliphatic rings. The Hall–Kier alpha value is -1.29. The quantitative estimate of drug-likeness (QED) is 0.471. The van der Waals surface area contributed by atoms with Crippen molar-refractivity contribution in [1.29, 1.82) is 0 Å². The summed E-state index contributed by atoms with van der Waals surface area (Å²) >= 11 is 5.78. The highest BCUT2D eigenvalue weighted by Gasteiger charge is 2.20. The van der Waals surface area contributed by atoms with Gasteiger partial charge in [-0.3, -0.25) is 9.59 Å². The average Bonchev–Trinajstić information content (AvgIpc) is 2.55. The number of carbonyl (C=O) groups is 2. The van der Waals surface area contributed by atoms with Crippen LogP contribution in [-0.4, -0.2) is 28.8 Å². The van der Waals surface area contributed by atoms with Crippen molar-refractivity contribution in [3.8, 4) is 0 Å². The van der Waals surface area contributed by atoms with Crippen molar-refractivity contribution in [2.45, 2.75) is 32.7 Å². The zero-order chi connectivity index (χ0) is 13.2. The van der Waals surface area contributed by atoms with E-state index in [0.717, 1.165) is 11.4 Å². The monoisotopic (exact) mass is 257 g/mol. The lowest BCUT2D eigenvalue weighted by Crippen LogP contribution is -2.15. The van der Waals surface area contributed by atoms with E-state index >= 15 is 0 Å². The van der Waals surface area contributed by atoms with E-state index < -0.39 is 5.38 Å². The maximum Gasteiger partial charge on any atom is 0.325 e. The van der Waals surface area contributed by atoms with Crippen LogP contribution in [-0.2, 0) is 16.1 Å². The van der Waals surface area contributed by atoms with Gasteiger partial charge in [-0.25, -0.2) is 0 Å². The number of ketones is 1. The molecule has 1 heterocycles. The average molecular weight is 258 g/mol. The van der Waals surface area contributed by atoms with Gasteiger partial charge in [-0.2, -0.15) is 0 Å². The molecule has 0 aliphatic carbocycles. The molecule has 1 unspecified atom stereocenters. The van der Waals surface area contributed by atoms with Gasteiger partial charge in [0.05, 0.1) is 12.5 Å². The first-order valence-corrected chi connectivity index (χ1v) is 5.74. The number of hydrogen-bond donors (Lipinski definition) is 0. The van der Waals surface area contributed by atoms with Crippen LogP contribution in [0.3, 0.4) is 0 Å². The lowest BCUT2D eigenvalue weighted by molar-refractivity contribution is -0.141. The van der Waals surface area contributed by atoms with Gasteiger partial charge in [0.1, 0.15) is 6.54 Å². The number of Topliss-reactive ketones (excluding diaryl/α,β-unsaturated/α-hetero) is 1. The second kappa shape index (κ2) is 5.36. The number of halogens is 1.